The van der Waals surface area contributed by atoms with Gasteiger partial charge in [0.2, 0.25) is 0 Å². The molecule has 98 valence electrons. The molecule has 0 aromatic heterocycles. The van der Waals surface area contributed by atoms with Gasteiger partial charge in [0.25, 0.3) is 0 Å². The SMILES string of the molecule is N[C@H]1CCN(C(=O)OCc2ccccc2)C[C@@H]1O. The molecule has 2 rings (SSSR count). The number of β-amino-alcohol motifs (C(OH)–C–C–N with tert-alkyl or cyclic N) is 1. The van der Waals surface area contributed by atoms with E-state index >= 15 is 0 Å². The lowest BCUT2D eigenvalue weighted by molar-refractivity contribution is 0.0360. The van der Waals surface area contributed by atoms with Gasteiger partial charge in [0.1, 0.15) is 6.61 Å². The monoisotopic (exact) mass is 250 g/mol. The van der Waals surface area contributed by atoms with Crippen LogP contribution in [0.15, 0.2) is 30.3 Å². The molecule has 1 fully saturated rings. The zero-order chi connectivity index (χ0) is 13.0. The molecule has 2 atom stereocenters. The molecule has 1 heterocycles. The summed E-state index contributed by atoms with van der Waals surface area (Å²) in [5, 5.41) is 9.61. The summed E-state index contributed by atoms with van der Waals surface area (Å²) in [5.41, 5.74) is 6.62. The number of nitrogens with zero attached hydrogens (tertiary/aromatic N) is 1. The molecule has 5 nitrogen and oxygen atoms in total. The van der Waals surface area contributed by atoms with Crippen LogP contribution in [0.25, 0.3) is 0 Å². The van der Waals surface area contributed by atoms with Gasteiger partial charge >= 0.3 is 6.09 Å². The number of ether oxygens (including phenoxy) is 1. The van der Waals surface area contributed by atoms with E-state index < -0.39 is 12.2 Å². The largest absolute Gasteiger partial charge is 0.445 e. The molecule has 1 saturated heterocycles. The number of amides is 1. The normalized spacial score (nSPS) is 23.8. The van der Waals surface area contributed by atoms with Crippen molar-refractivity contribution in [3.8, 4) is 0 Å². The number of carbonyl (C=O) groups is 1. The third kappa shape index (κ3) is 3.21. The van der Waals surface area contributed by atoms with Gasteiger partial charge in [-0.05, 0) is 12.0 Å². The first-order chi connectivity index (χ1) is 8.66. The lowest BCUT2D eigenvalue weighted by Crippen LogP contribution is -2.52. The standard InChI is InChI=1S/C13H18N2O3/c14-11-6-7-15(8-12(11)16)13(17)18-9-10-4-2-1-3-5-10/h1-5,11-12,16H,6-9,14H2/t11-,12-/m0/s1. The van der Waals surface area contributed by atoms with Crippen LogP contribution in [0, 0.1) is 0 Å². The van der Waals surface area contributed by atoms with E-state index in [4.69, 9.17) is 10.5 Å². The second kappa shape index (κ2) is 5.84. The molecule has 1 aromatic carbocycles. The summed E-state index contributed by atoms with van der Waals surface area (Å²) in [6.45, 7) is 1.03. The smallest absolute Gasteiger partial charge is 0.410 e. The fourth-order valence-corrected chi connectivity index (χ4v) is 1.93. The van der Waals surface area contributed by atoms with Crippen molar-refractivity contribution >= 4 is 6.09 Å². The summed E-state index contributed by atoms with van der Waals surface area (Å²) >= 11 is 0. The average Bonchev–Trinajstić information content (AvgIpc) is 2.40. The van der Waals surface area contributed by atoms with E-state index in [1.54, 1.807) is 0 Å². The van der Waals surface area contributed by atoms with Gasteiger partial charge in [-0.3, -0.25) is 0 Å². The lowest BCUT2D eigenvalue weighted by atomic mass is 10.0. The van der Waals surface area contributed by atoms with E-state index in [0.717, 1.165) is 5.56 Å². The summed E-state index contributed by atoms with van der Waals surface area (Å²) in [7, 11) is 0. The molecular formula is C13H18N2O3. The Bertz CT molecular complexity index is 396. The minimum absolute atomic E-state index is 0.245. The van der Waals surface area contributed by atoms with E-state index in [2.05, 4.69) is 0 Å². The Balaban J connectivity index is 1.82. The van der Waals surface area contributed by atoms with Crippen LogP contribution in [0.2, 0.25) is 0 Å². The molecule has 1 amide bonds. The number of rotatable bonds is 2. The quantitative estimate of drug-likeness (QED) is 0.811. The van der Waals surface area contributed by atoms with E-state index in [1.165, 1.54) is 4.90 Å². The molecule has 0 unspecified atom stereocenters. The number of aliphatic hydroxyl groups excluding tert-OH is 1. The third-order valence-electron chi connectivity index (χ3n) is 3.10. The Labute approximate surface area is 106 Å². The summed E-state index contributed by atoms with van der Waals surface area (Å²) in [5.74, 6) is 0. The van der Waals surface area contributed by atoms with Crippen molar-refractivity contribution in [3.05, 3.63) is 35.9 Å². The van der Waals surface area contributed by atoms with E-state index in [9.17, 15) is 9.90 Å². The van der Waals surface area contributed by atoms with Crippen molar-refractivity contribution in [1.82, 2.24) is 4.90 Å². The van der Waals surface area contributed by atoms with Crippen LogP contribution in [-0.2, 0) is 11.3 Å². The lowest BCUT2D eigenvalue weighted by Gasteiger charge is -2.33. The van der Waals surface area contributed by atoms with Crippen LogP contribution < -0.4 is 5.73 Å². The molecule has 0 bridgehead atoms. The Morgan fingerprint density at radius 1 is 1.44 bits per heavy atom. The minimum Gasteiger partial charge on any atom is -0.445 e. The number of aliphatic hydroxyl groups is 1. The van der Waals surface area contributed by atoms with Crippen LogP contribution >= 0.6 is 0 Å². The summed E-state index contributed by atoms with van der Waals surface area (Å²) in [6, 6.07) is 9.25. The van der Waals surface area contributed by atoms with Gasteiger partial charge in [0.05, 0.1) is 12.6 Å². The highest BCUT2D eigenvalue weighted by Gasteiger charge is 2.28. The van der Waals surface area contributed by atoms with Gasteiger partial charge in [-0.1, -0.05) is 30.3 Å². The highest BCUT2D eigenvalue weighted by Crippen LogP contribution is 2.11. The van der Waals surface area contributed by atoms with Crippen molar-refractivity contribution < 1.29 is 14.6 Å². The predicted octanol–water partition coefficient (Wildman–Crippen LogP) is 0.717. The third-order valence-corrected chi connectivity index (χ3v) is 3.10. The number of likely N-dealkylation sites (tertiary alicyclic amines) is 1. The first kappa shape index (κ1) is 12.9. The average molecular weight is 250 g/mol. The molecule has 0 radical (unpaired) electrons. The number of hydrogen-bond donors (Lipinski definition) is 2. The van der Waals surface area contributed by atoms with Crippen molar-refractivity contribution in [2.45, 2.75) is 25.2 Å². The maximum absolute atomic E-state index is 11.8. The maximum atomic E-state index is 11.8. The molecule has 1 aliphatic heterocycles. The van der Waals surface area contributed by atoms with Crippen molar-refractivity contribution in [2.75, 3.05) is 13.1 Å². The number of nitrogens with two attached hydrogens (primary N) is 1. The highest BCUT2D eigenvalue weighted by molar-refractivity contribution is 5.67. The van der Waals surface area contributed by atoms with Crippen LogP contribution in [0.3, 0.4) is 0 Å². The second-order valence-electron chi connectivity index (χ2n) is 4.51. The Kier molecular flexibility index (Phi) is 4.17. The fraction of sp³-hybridized carbons (Fsp3) is 0.462. The molecule has 0 aliphatic carbocycles. The van der Waals surface area contributed by atoms with Crippen molar-refractivity contribution in [1.29, 1.82) is 0 Å². The van der Waals surface area contributed by atoms with Gasteiger partial charge in [-0.2, -0.15) is 0 Å². The second-order valence-corrected chi connectivity index (χ2v) is 4.51. The Morgan fingerprint density at radius 3 is 2.83 bits per heavy atom. The maximum Gasteiger partial charge on any atom is 0.410 e. The fourth-order valence-electron chi connectivity index (χ4n) is 1.93. The van der Waals surface area contributed by atoms with E-state index in [-0.39, 0.29) is 19.2 Å². The van der Waals surface area contributed by atoms with Gasteiger partial charge in [-0.25, -0.2) is 4.79 Å². The topological polar surface area (TPSA) is 75.8 Å². The van der Waals surface area contributed by atoms with E-state index in [0.29, 0.717) is 13.0 Å². The zero-order valence-electron chi connectivity index (χ0n) is 10.2. The molecular weight excluding hydrogens is 232 g/mol. The van der Waals surface area contributed by atoms with Crippen molar-refractivity contribution in [3.63, 3.8) is 0 Å². The van der Waals surface area contributed by atoms with Gasteiger partial charge in [0.15, 0.2) is 0 Å². The number of benzene rings is 1. The molecule has 0 saturated carbocycles. The minimum atomic E-state index is -0.664. The van der Waals surface area contributed by atoms with Crippen LogP contribution in [0.4, 0.5) is 4.79 Å². The number of piperidine rings is 1. The van der Waals surface area contributed by atoms with Crippen LogP contribution in [0.5, 0.6) is 0 Å². The first-order valence-corrected chi connectivity index (χ1v) is 6.06. The molecule has 1 aromatic rings. The van der Waals surface area contributed by atoms with Gasteiger partial charge in [-0.15, -0.1) is 0 Å². The summed E-state index contributed by atoms with van der Waals surface area (Å²) in [6.07, 6.45) is -0.463. The van der Waals surface area contributed by atoms with Crippen LogP contribution in [0.1, 0.15) is 12.0 Å². The van der Waals surface area contributed by atoms with Gasteiger partial charge in [0, 0.05) is 12.6 Å². The molecule has 5 heteroatoms. The van der Waals surface area contributed by atoms with Crippen LogP contribution in [-0.4, -0.2) is 41.3 Å². The zero-order valence-corrected chi connectivity index (χ0v) is 10.2. The van der Waals surface area contributed by atoms with Crippen molar-refractivity contribution in [2.24, 2.45) is 5.73 Å². The molecule has 18 heavy (non-hydrogen) atoms. The summed E-state index contributed by atoms with van der Waals surface area (Å²) in [4.78, 5) is 13.3. The Morgan fingerprint density at radius 2 is 2.17 bits per heavy atom. The molecule has 0 spiro atoms. The Hall–Kier alpha value is -1.59. The number of carbonyl (C=O) groups excluding carboxylic acids is 1. The summed E-state index contributed by atoms with van der Waals surface area (Å²) < 4.78 is 5.19. The molecule has 1 aliphatic rings. The van der Waals surface area contributed by atoms with Gasteiger partial charge < -0.3 is 20.5 Å². The van der Waals surface area contributed by atoms with E-state index in [1.807, 2.05) is 30.3 Å². The number of hydrogen-bond acceptors (Lipinski definition) is 4. The highest BCUT2D eigenvalue weighted by atomic mass is 16.6. The molecule has 3 N–H and O–H groups in total. The predicted molar refractivity (Wildman–Crippen MR) is 66.8 cm³/mol. The first-order valence-electron chi connectivity index (χ1n) is 6.06.